The fourth-order valence-electron chi connectivity index (χ4n) is 3.07. The molecule has 0 saturated heterocycles. The summed E-state index contributed by atoms with van der Waals surface area (Å²) < 4.78 is 39.8. The number of aromatic nitrogens is 1. The second-order valence-electron chi connectivity index (χ2n) is 6.58. The monoisotopic (exact) mass is 358 g/mol. The first-order valence-corrected chi connectivity index (χ1v) is 9.84. The highest BCUT2D eigenvalue weighted by Gasteiger charge is 2.35. The second-order valence-corrected chi connectivity index (χ2v) is 8.62. The minimum Gasteiger partial charge on any atom is -0.354 e. The van der Waals surface area contributed by atoms with Crippen molar-refractivity contribution in [2.24, 2.45) is 0 Å². The second kappa shape index (κ2) is 5.97. The number of rotatable bonds is 5. The van der Waals surface area contributed by atoms with Crippen LogP contribution >= 0.6 is 0 Å². The van der Waals surface area contributed by atoms with Crippen molar-refractivity contribution in [3.8, 4) is 11.3 Å². The summed E-state index contributed by atoms with van der Waals surface area (Å²) in [6.07, 6.45) is 1.51. The van der Waals surface area contributed by atoms with E-state index in [-0.39, 0.29) is 11.1 Å². The lowest BCUT2D eigenvalue weighted by molar-refractivity contribution is 0.580. The maximum Gasteiger partial charge on any atom is 0.214 e. The number of sulfonamides is 1. The molecule has 1 aromatic heterocycles. The predicted octanol–water partition coefficient (Wildman–Crippen LogP) is 3.86. The van der Waals surface area contributed by atoms with Crippen LogP contribution in [0.3, 0.4) is 0 Å². The van der Waals surface area contributed by atoms with Crippen molar-refractivity contribution in [3.05, 3.63) is 59.4 Å². The van der Waals surface area contributed by atoms with Gasteiger partial charge < -0.3 is 4.98 Å². The Hall–Kier alpha value is -2.18. The largest absolute Gasteiger partial charge is 0.354 e. The van der Waals surface area contributed by atoms with Gasteiger partial charge in [-0.15, -0.1) is 0 Å². The maximum atomic E-state index is 13.1. The number of benzene rings is 2. The Morgan fingerprint density at radius 2 is 1.88 bits per heavy atom. The van der Waals surface area contributed by atoms with Gasteiger partial charge in [-0.05, 0) is 72.9 Å². The molecule has 1 fully saturated rings. The molecule has 3 aromatic rings. The third-order valence-corrected chi connectivity index (χ3v) is 6.59. The molecule has 0 bridgehead atoms. The van der Waals surface area contributed by atoms with E-state index in [1.54, 1.807) is 12.1 Å². The van der Waals surface area contributed by atoms with Crippen LogP contribution in [0.5, 0.6) is 0 Å². The summed E-state index contributed by atoms with van der Waals surface area (Å²) in [4.78, 5) is 3.37. The van der Waals surface area contributed by atoms with E-state index in [0.29, 0.717) is 6.54 Å². The van der Waals surface area contributed by atoms with Crippen LogP contribution in [0, 0.1) is 12.7 Å². The number of hydrogen-bond acceptors (Lipinski definition) is 2. The Bertz CT molecular complexity index is 1040. The molecule has 0 unspecified atom stereocenters. The summed E-state index contributed by atoms with van der Waals surface area (Å²) in [6, 6.07) is 12.3. The van der Waals surface area contributed by atoms with Crippen molar-refractivity contribution in [3.63, 3.8) is 0 Å². The van der Waals surface area contributed by atoms with Crippen molar-refractivity contribution in [1.82, 2.24) is 9.71 Å². The molecule has 0 amide bonds. The van der Waals surface area contributed by atoms with E-state index in [0.717, 1.165) is 46.1 Å². The van der Waals surface area contributed by atoms with Gasteiger partial charge in [0, 0.05) is 23.1 Å². The van der Waals surface area contributed by atoms with Gasteiger partial charge in [-0.2, -0.15) is 0 Å². The van der Waals surface area contributed by atoms with Gasteiger partial charge in [0.1, 0.15) is 5.82 Å². The molecule has 1 saturated carbocycles. The molecule has 4 nitrogen and oxygen atoms in total. The molecule has 0 atom stereocenters. The van der Waals surface area contributed by atoms with Gasteiger partial charge in [-0.1, -0.05) is 6.07 Å². The number of hydrogen-bond donors (Lipinski definition) is 2. The molecule has 0 aliphatic heterocycles. The fraction of sp³-hybridized carbons (Fsp3) is 0.263. The third kappa shape index (κ3) is 3.19. The molecule has 25 heavy (non-hydrogen) atoms. The Morgan fingerprint density at radius 3 is 2.56 bits per heavy atom. The summed E-state index contributed by atoms with van der Waals surface area (Å²) in [5.41, 5.74) is 4.83. The Balaban J connectivity index is 1.64. The summed E-state index contributed by atoms with van der Waals surface area (Å²) in [6.45, 7) is 2.31. The Morgan fingerprint density at radius 1 is 1.16 bits per heavy atom. The summed E-state index contributed by atoms with van der Waals surface area (Å²) >= 11 is 0. The van der Waals surface area contributed by atoms with Crippen LogP contribution in [0.1, 0.15) is 24.0 Å². The number of aryl methyl sites for hydroxylation is 1. The summed E-state index contributed by atoms with van der Waals surface area (Å²) in [5.74, 6) is -0.261. The van der Waals surface area contributed by atoms with Crippen LogP contribution in [0.2, 0.25) is 0 Å². The number of H-pyrrole nitrogens is 1. The third-order valence-electron chi connectivity index (χ3n) is 4.70. The minimum absolute atomic E-state index is 0.213. The normalized spacial score (nSPS) is 15.0. The molecular weight excluding hydrogens is 339 g/mol. The number of halogens is 1. The SMILES string of the molecule is Cc1c(-c2ccc(F)cc2)[nH]c2ccc(CNS(=O)(=O)C3CC3)cc12. The zero-order valence-corrected chi connectivity index (χ0v) is 14.7. The molecule has 2 N–H and O–H groups in total. The van der Waals surface area contributed by atoms with Crippen molar-refractivity contribution < 1.29 is 12.8 Å². The van der Waals surface area contributed by atoms with Crippen molar-refractivity contribution in [2.45, 2.75) is 31.6 Å². The molecule has 0 radical (unpaired) electrons. The van der Waals surface area contributed by atoms with E-state index >= 15 is 0 Å². The van der Waals surface area contributed by atoms with E-state index in [4.69, 9.17) is 0 Å². The highest BCUT2D eigenvalue weighted by molar-refractivity contribution is 7.90. The zero-order chi connectivity index (χ0) is 17.6. The van der Waals surface area contributed by atoms with E-state index in [2.05, 4.69) is 9.71 Å². The van der Waals surface area contributed by atoms with Crippen molar-refractivity contribution in [1.29, 1.82) is 0 Å². The van der Waals surface area contributed by atoms with Crippen LogP contribution in [0.15, 0.2) is 42.5 Å². The smallest absolute Gasteiger partial charge is 0.214 e. The van der Waals surface area contributed by atoms with Crippen LogP contribution in [-0.2, 0) is 16.6 Å². The van der Waals surface area contributed by atoms with Gasteiger partial charge in [0.2, 0.25) is 10.0 Å². The van der Waals surface area contributed by atoms with Crippen LogP contribution < -0.4 is 4.72 Å². The van der Waals surface area contributed by atoms with Crippen molar-refractivity contribution >= 4 is 20.9 Å². The average molecular weight is 358 g/mol. The van der Waals surface area contributed by atoms with Crippen LogP contribution in [0.4, 0.5) is 4.39 Å². The lowest BCUT2D eigenvalue weighted by Gasteiger charge is -2.06. The maximum absolute atomic E-state index is 13.1. The minimum atomic E-state index is -3.18. The van der Waals surface area contributed by atoms with E-state index in [1.165, 1.54) is 12.1 Å². The molecule has 0 spiro atoms. The summed E-state index contributed by atoms with van der Waals surface area (Å²) in [7, 11) is -3.18. The molecular formula is C19H19FN2O2S. The Labute approximate surface area is 146 Å². The van der Waals surface area contributed by atoms with Gasteiger partial charge in [0.15, 0.2) is 0 Å². The molecule has 130 valence electrons. The topological polar surface area (TPSA) is 62.0 Å². The van der Waals surface area contributed by atoms with E-state index in [9.17, 15) is 12.8 Å². The fourth-order valence-corrected chi connectivity index (χ4v) is 4.43. The number of nitrogens with one attached hydrogen (secondary N) is 2. The highest BCUT2D eigenvalue weighted by atomic mass is 32.2. The lowest BCUT2D eigenvalue weighted by atomic mass is 10.1. The molecule has 1 aliphatic rings. The van der Waals surface area contributed by atoms with Crippen LogP contribution in [0.25, 0.3) is 22.2 Å². The Kier molecular flexibility index (Phi) is 3.89. The first kappa shape index (κ1) is 16.3. The summed E-state index contributed by atoms with van der Waals surface area (Å²) in [5, 5.41) is 0.831. The average Bonchev–Trinajstić information content (AvgIpc) is 3.40. The zero-order valence-electron chi connectivity index (χ0n) is 13.8. The lowest BCUT2D eigenvalue weighted by Crippen LogP contribution is -2.26. The van der Waals surface area contributed by atoms with Gasteiger partial charge in [-0.25, -0.2) is 17.5 Å². The van der Waals surface area contributed by atoms with E-state index in [1.807, 2.05) is 25.1 Å². The predicted molar refractivity (Wildman–Crippen MR) is 97.2 cm³/mol. The first-order valence-electron chi connectivity index (χ1n) is 8.30. The van der Waals surface area contributed by atoms with Gasteiger partial charge in [0.05, 0.1) is 5.25 Å². The van der Waals surface area contributed by atoms with Gasteiger partial charge >= 0.3 is 0 Å². The first-order chi connectivity index (χ1) is 11.9. The standard InChI is InChI=1S/C19H19FN2O2S/c1-12-17-10-13(11-21-25(23,24)16-7-8-16)2-9-18(17)22-19(12)14-3-5-15(20)6-4-14/h2-6,9-10,16,21-22H,7-8,11H2,1H3. The van der Waals surface area contributed by atoms with Crippen LogP contribution in [-0.4, -0.2) is 18.7 Å². The van der Waals surface area contributed by atoms with Gasteiger partial charge in [-0.3, -0.25) is 0 Å². The highest BCUT2D eigenvalue weighted by Crippen LogP contribution is 2.31. The number of fused-ring (bicyclic) bond motifs is 1. The molecule has 1 heterocycles. The van der Waals surface area contributed by atoms with Gasteiger partial charge in [0.25, 0.3) is 0 Å². The number of aromatic amines is 1. The molecule has 1 aliphatic carbocycles. The quantitative estimate of drug-likeness (QED) is 0.727. The molecule has 4 rings (SSSR count). The molecule has 2 aromatic carbocycles. The van der Waals surface area contributed by atoms with Crippen molar-refractivity contribution in [2.75, 3.05) is 0 Å². The van der Waals surface area contributed by atoms with E-state index < -0.39 is 10.0 Å². The molecule has 6 heteroatoms.